The third-order valence-electron chi connectivity index (χ3n) is 5.96. The number of carbonyl (C=O) groups is 1. The lowest BCUT2D eigenvalue weighted by Gasteiger charge is -2.24. The molecule has 172 valence electrons. The minimum Gasteiger partial charge on any atom is -0.481 e. The van der Waals surface area contributed by atoms with Crippen molar-refractivity contribution in [2.24, 2.45) is 0 Å². The smallest absolute Gasteiger partial charge is 0.303 e. The molecule has 3 nitrogen and oxygen atoms in total. The van der Waals surface area contributed by atoms with Crippen LogP contribution >= 0.6 is 0 Å². The van der Waals surface area contributed by atoms with Crippen molar-refractivity contribution < 1.29 is 9.90 Å². The summed E-state index contributed by atoms with van der Waals surface area (Å²) in [6, 6.07) is 0.783. The molecule has 0 aliphatic heterocycles. The molecule has 29 heavy (non-hydrogen) atoms. The van der Waals surface area contributed by atoms with E-state index in [0.29, 0.717) is 6.42 Å². The average Bonchev–Trinajstić information content (AvgIpc) is 2.68. The van der Waals surface area contributed by atoms with Gasteiger partial charge in [0.25, 0.3) is 0 Å². The van der Waals surface area contributed by atoms with Crippen LogP contribution < -0.4 is 0 Å². The van der Waals surface area contributed by atoms with Gasteiger partial charge in [-0.2, -0.15) is 0 Å². The van der Waals surface area contributed by atoms with Crippen LogP contribution in [-0.2, 0) is 4.79 Å². The van der Waals surface area contributed by atoms with E-state index in [-0.39, 0.29) is 0 Å². The van der Waals surface area contributed by atoms with E-state index in [0.717, 1.165) is 31.7 Å². The molecule has 0 fully saturated rings. The molecule has 0 aliphatic rings. The van der Waals surface area contributed by atoms with Crippen LogP contribution in [0.25, 0.3) is 0 Å². The van der Waals surface area contributed by atoms with Gasteiger partial charge in [-0.3, -0.25) is 4.79 Å². The Morgan fingerprint density at radius 1 is 0.724 bits per heavy atom. The van der Waals surface area contributed by atoms with Crippen LogP contribution in [0.3, 0.4) is 0 Å². The second-order valence-corrected chi connectivity index (χ2v) is 8.98. The van der Waals surface area contributed by atoms with Crippen molar-refractivity contribution in [3.05, 3.63) is 12.2 Å². The molecule has 0 heterocycles. The minimum atomic E-state index is -0.670. The fraction of sp³-hybridized carbons (Fsp3) is 0.885. The molecular weight excluding hydrogens is 358 g/mol. The minimum absolute atomic E-state index is 0.318. The number of rotatable bonds is 22. The Morgan fingerprint density at radius 2 is 1.17 bits per heavy atom. The van der Waals surface area contributed by atoms with Crippen molar-refractivity contribution in [1.29, 1.82) is 0 Å². The lowest BCUT2D eigenvalue weighted by molar-refractivity contribution is -0.137. The normalized spacial score (nSPS) is 12.8. The number of unbranched alkanes of at least 4 members (excludes halogenated alkanes) is 13. The van der Waals surface area contributed by atoms with Crippen LogP contribution in [0.2, 0.25) is 0 Å². The lowest BCUT2D eigenvalue weighted by Crippen LogP contribution is -2.27. The number of aliphatic carboxylic acids is 1. The van der Waals surface area contributed by atoms with Gasteiger partial charge in [0, 0.05) is 12.5 Å². The molecule has 0 rings (SSSR count). The fourth-order valence-electron chi connectivity index (χ4n) is 3.94. The molecule has 3 heteroatoms. The highest BCUT2D eigenvalue weighted by molar-refractivity contribution is 5.66. The predicted molar refractivity (Wildman–Crippen MR) is 128 cm³/mol. The maximum absolute atomic E-state index is 10.4. The van der Waals surface area contributed by atoms with Gasteiger partial charge < -0.3 is 10.0 Å². The molecule has 1 N–H and O–H groups in total. The second-order valence-electron chi connectivity index (χ2n) is 8.98. The first-order chi connectivity index (χ1) is 14.1. The summed E-state index contributed by atoms with van der Waals surface area (Å²) < 4.78 is 0. The Hall–Kier alpha value is -0.830. The summed E-state index contributed by atoms with van der Waals surface area (Å²) in [7, 11) is 4.50. The summed E-state index contributed by atoms with van der Waals surface area (Å²) in [5.41, 5.74) is 0. The highest BCUT2D eigenvalue weighted by Gasteiger charge is 2.10. The second kappa shape index (κ2) is 21.9. The Bertz CT molecular complexity index is 379. The highest BCUT2D eigenvalue weighted by Crippen LogP contribution is 2.17. The van der Waals surface area contributed by atoms with Crippen LogP contribution in [-0.4, -0.2) is 36.1 Å². The SMILES string of the molecule is CCCCCCCC(CCCCCCCC/C=C\CCCCCC(=O)O)N(C)C. The Morgan fingerprint density at radius 3 is 1.66 bits per heavy atom. The van der Waals surface area contributed by atoms with Crippen molar-refractivity contribution in [2.45, 2.75) is 135 Å². The van der Waals surface area contributed by atoms with Gasteiger partial charge in [-0.1, -0.05) is 89.7 Å². The summed E-state index contributed by atoms with van der Waals surface area (Å²) in [4.78, 5) is 12.9. The van der Waals surface area contributed by atoms with Crippen molar-refractivity contribution in [2.75, 3.05) is 14.1 Å². The molecule has 0 saturated carbocycles. The molecule has 0 amide bonds. The van der Waals surface area contributed by atoms with E-state index in [9.17, 15) is 4.79 Å². The summed E-state index contributed by atoms with van der Waals surface area (Å²) in [5.74, 6) is -0.670. The van der Waals surface area contributed by atoms with Gasteiger partial charge in [0.1, 0.15) is 0 Å². The van der Waals surface area contributed by atoms with Crippen LogP contribution in [0.4, 0.5) is 0 Å². The molecule has 0 aliphatic carbocycles. The van der Waals surface area contributed by atoms with E-state index in [1.54, 1.807) is 0 Å². The number of hydrogen-bond acceptors (Lipinski definition) is 2. The average molecular weight is 410 g/mol. The van der Waals surface area contributed by atoms with Crippen LogP contribution in [0, 0.1) is 0 Å². The fourth-order valence-corrected chi connectivity index (χ4v) is 3.94. The van der Waals surface area contributed by atoms with E-state index in [2.05, 4.69) is 38.1 Å². The first-order valence-corrected chi connectivity index (χ1v) is 12.6. The third-order valence-corrected chi connectivity index (χ3v) is 5.96. The van der Waals surface area contributed by atoms with Crippen LogP contribution in [0.15, 0.2) is 12.2 Å². The molecule has 0 aromatic carbocycles. The Kier molecular flexibility index (Phi) is 21.2. The Labute approximate surface area is 182 Å². The van der Waals surface area contributed by atoms with E-state index in [4.69, 9.17) is 5.11 Å². The molecule has 0 bridgehead atoms. The van der Waals surface area contributed by atoms with Crippen molar-refractivity contribution >= 4 is 5.97 Å². The summed E-state index contributed by atoms with van der Waals surface area (Å²) in [6.45, 7) is 2.29. The van der Waals surface area contributed by atoms with Gasteiger partial charge >= 0.3 is 5.97 Å². The number of allylic oxidation sites excluding steroid dienone is 2. The topological polar surface area (TPSA) is 40.5 Å². The molecular formula is C26H51NO2. The monoisotopic (exact) mass is 409 g/mol. The number of nitrogens with zero attached hydrogens (tertiary/aromatic N) is 1. The third kappa shape index (κ3) is 21.7. The molecule has 1 unspecified atom stereocenters. The summed E-state index contributed by atoms with van der Waals surface area (Å²) in [5, 5.41) is 8.59. The zero-order valence-corrected chi connectivity index (χ0v) is 20.0. The molecule has 1 atom stereocenters. The van der Waals surface area contributed by atoms with Gasteiger partial charge in [-0.05, 0) is 59.0 Å². The first kappa shape index (κ1) is 28.2. The van der Waals surface area contributed by atoms with Gasteiger partial charge in [0.05, 0.1) is 0 Å². The van der Waals surface area contributed by atoms with Crippen molar-refractivity contribution in [1.82, 2.24) is 4.90 Å². The number of carboxylic acid groups (broad SMARTS) is 1. The zero-order valence-electron chi connectivity index (χ0n) is 20.0. The van der Waals surface area contributed by atoms with E-state index in [1.807, 2.05) is 0 Å². The van der Waals surface area contributed by atoms with Gasteiger partial charge in [0.2, 0.25) is 0 Å². The summed E-state index contributed by atoms with van der Waals surface area (Å²) in [6.07, 6.45) is 28.1. The lowest BCUT2D eigenvalue weighted by atomic mass is 9.99. The van der Waals surface area contributed by atoms with Crippen LogP contribution in [0.1, 0.15) is 129 Å². The van der Waals surface area contributed by atoms with E-state index < -0.39 is 5.97 Å². The molecule has 0 saturated heterocycles. The first-order valence-electron chi connectivity index (χ1n) is 12.6. The van der Waals surface area contributed by atoms with Gasteiger partial charge in [-0.25, -0.2) is 0 Å². The Balaban J connectivity index is 3.43. The number of carboxylic acids is 1. The highest BCUT2D eigenvalue weighted by atomic mass is 16.4. The van der Waals surface area contributed by atoms with Crippen molar-refractivity contribution in [3.8, 4) is 0 Å². The van der Waals surface area contributed by atoms with Gasteiger partial charge in [-0.15, -0.1) is 0 Å². The van der Waals surface area contributed by atoms with Crippen LogP contribution in [0.5, 0.6) is 0 Å². The zero-order chi connectivity index (χ0) is 21.6. The van der Waals surface area contributed by atoms with E-state index >= 15 is 0 Å². The van der Waals surface area contributed by atoms with E-state index in [1.165, 1.54) is 89.9 Å². The maximum atomic E-state index is 10.4. The number of hydrogen-bond donors (Lipinski definition) is 1. The standard InChI is InChI=1S/C26H51NO2/c1-4-5-6-16-19-22-25(27(2)3)23-20-17-14-12-10-8-7-9-11-13-15-18-21-24-26(28)29/h9,11,25H,4-8,10,12-24H2,1-3H3,(H,28,29)/b11-9-. The maximum Gasteiger partial charge on any atom is 0.303 e. The van der Waals surface area contributed by atoms with Crippen molar-refractivity contribution in [3.63, 3.8) is 0 Å². The predicted octanol–water partition coefficient (Wildman–Crippen LogP) is 7.99. The molecule has 0 aromatic heterocycles. The molecule has 0 aromatic rings. The molecule has 0 spiro atoms. The quantitative estimate of drug-likeness (QED) is 0.145. The van der Waals surface area contributed by atoms with Gasteiger partial charge in [0.15, 0.2) is 0 Å². The molecule has 0 radical (unpaired) electrons. The summed E-state index contributed by atoms with van der Waals surface area (Å²) >= 11 is 0. The largest absolute Gasteiger partial charge is 0.481 e.